The number of anilines is 8. The van der Waals surface area contributed by atoms with E-state index in [1.54, 1.807) is 0 Å². The lowest BCUT2D eigenvalue weighted by Gasteiger charge is -2.34. The molecule has 0 unspecified atom stereocenters. The highest BCUT2D eigenvalue weighted by atomic mass is 15.2. The van der Waals surface area contributed by atoms with Crippen molar-refractivity contribution in [3.8, 4) is 11.1 Å². The molecule has 0 aliphatic heterocycles. The van der Waals surface area contributed by atoms with Gasteiger partial charge in [0.15, 0.2) is 0 Å². The first-order chi connectivity index (χ1) is 36.6. The molecule has 0 amide bonds. The summed E-state index contributed by atoms with van der Waals surface area (Å²) >= 11 is 0. The first kappa shape index (κ1) is 48.5. The van der Waals surface area contributed by atoms with Crippen LogP contribution < -0.4 is 19.6 Å². The molecule has 362 valence electrons. The lowest BCUT2D eigenvalue weighted by molar-refractivity contribution is 0.841. The molecular formula is C70H62N4. The maximum absolute atomic E-state index is 4.03. The van der Waals surface area contributed by atoms with Crippen LogP contribution in [0, 0.1) is 0 Å². The summed E-state index contributed by atoms with van der Waals surface area (Å²) < 4.78 is 0. The number of hydrogen-bond acceptors (Lipinski definition) is 4. The van der Waals surface area contributed by atoms with Crippen LogP contribution >= 0.6 is 0 Å². The van der Waals surface area contributed by atoms with Gasteiger partial charge in [-0.25, -0.2) is 0 Å². The molecule has 0 heterocycles. The van der Waals surface area contributed by atoms with Crippen molar-refractivity contribution in [3.05, 3.63) is 302 Å². The maximum atomic E-state index is 4.03. The van der Waals surface area contributed by atoms with Gasteiger partial charge in [-0.2, -0.15) is 0 Å². The van der Waals surface area contributed by atoms with E-state index < -0.39 is 0 Å². The number of fused-ring (bicyclic) bond motifs is 2. The molecule has 10 rings (SSSR count). The molecule has 4 heteroatoms. The normalized spacial score (nSPS) is 13.0. The predicted octanol–water partition coefficient (Wildman–Crippen LogP) is 20.0. The molecule has 9 aromatic carbocycles. The van der Waals surface area contributed by atoms with Crippen LogP contribution in [0.1, 0.15) is 40.0 Å². The number of para-hydroxylation sites is 2. The molecule has 0 atom stereocenters. The van der Waals surface area contributed by atoms with Crippen LogP contribution in [0.15, 0.2) is 302 Å². The van der Waals surface area contributed by atoms with E-state index in [1.807, 2.05) is 19.1 Å². The van der Waals surface area contributed by atoms with E-state index in [2.05, 4.69) is 301 Å². The molecule has 0 spiro atoms. The van der Waals surface area contributed by atoms with Gasteiger partial charge in [0.05, 0.1) is 11.4 Å². The first-order valence-electron chi connectivity index (χ1n) is 25.8. The van der Waals surface area contributed by atoms with Crippen LogP contribution in [0.5, 0.6) is 0 Å². The Morgan fingerprint density at radius 1 is 0.432 bits per heavy atom. The second-order valence-electron chi connectivity index (χ2n) is 18.3. The van der Waals surface area contributed by atoms with Crippen LogP contribution in [0.3, 0.4) is 0 Å². The van der Waals surface area contributed by atoms with Crippen LogP contribution in [-0.2, 0) is 0 Å². The fourth-order valence-corrected chi connectivity index (χ4v) is 10.2. The van der Waals surface area contributed by atoms with Crippen LogP contribution in [-0.4, -0.2) is 0 Å². The van der Waals surface area contributed by atoms with Crippen molar-refractivity contribution in [1.82, 2.24) is 0 Å². The summed E-state index contributed by atoms with van der Waals surface area (Å²) in [5.41, 5.74) is 15.9. The molecule has 1 aliphatic rings. The van der Waals surface area contributed by atoms with Crippen LogP contribution in [0.2, 0.25) is 0 Å². The third-order valence-electron chi connectivity index (χ3n) is 13.6. The average Bonchev–Trinajstić information content (AvgIpc) is 3.46. The molecule has 0 N–H and O–H groups in total. The monoisotopic (exact) mass is 958 g/mol. The molecule has 0 radical (unpaired) electrons. The average molecular weight is 959 g/mol. The van der Waals surface area contributed by atoms with E-state index in [-0.39, 0.29) is 0 Å². The van der Waals surface area contributed by atoms with Gasteiger partial charge in [-0.1, -0.05) is 171 Å². The third kappa shape index (κ3) is 10.3. The van der Waals surface area contributed by atoms with E-state index >= 15 is 0 Å². The van der Waals surface area contributed by atoms with Gasteiger partial charge >= 0.3 is 0 Å². The Morgan fingerprint density at radius 2 is 0.878 bits per heavy atom. The van der Waals surface area contributed by atoms with Crippen molar-refractivity contribution in [3.63, 3.8) is 0 Å². The Morgan fingerprint density at radius 3 is 1.39 bits per heavy atom. The molecule has 0 saturated heterocycles. The molecule has 0 aromatic heterocycles. The van der Waals surface area contributed by atoms with Crippen molar-refractivity contribution < 1.29 is 0 Å². The summed E-state index contributed by atoms with van der Waals surface area (Å²) in [7, 11) is 0. The Kier molecular flexibility index (Phi) is 15.1. The Hall–Kier alpha value is -9.12. The second kappa shape index (κ2) is 23.0. The van der Waals surface area contributed by atoms with Crippen molar-refractivity contribution in [1.29, 1.82) is 0 Å². The zero-order valence-electron chi connectivity index (χ0n) is 42.6. The molecule has 0 saturated carbocycles. The van der Waals surface area contributed by atoms with Gasteiger partial charge in [0.1, 0.15) is 0 Å². The number of hydrogen-bond donors (Lipinski definition) is 0. The smallest absolute Gasteiger partial charge is 0.0540 e. The Balaban J connectivity index is 1.00. The lowest BCUT2D eigenvalue weighted by atomic mass is 10.00. The third-order valence-corrected chi connectivity index (χ3v) is 13.6. The molecule has 0 bridgehead atoms. The van der Waals surface area contributed by atoms with Crippen LogP contribution in [0.4, 0.5) is 45.5 Å². The van der Waals surface area contributed by atoms with Gasteiger partial charge in [0, 0.05) is 67.7 Å². The molecular weight excluding hydrogens is 897 g/mol. The van der Waals surface area contributed by atoms with E-state index in [9.17, 15) is 0 Å². The quantitative estimate of drug-likeness (QED) is 0.0843. The van der Waals surface area contributed by atoms with Crippen molar-refractivity contribution in [2.75, 3.05) is 19.6 Å². The van der Waals surface area contributed by atoms with Gasteiger partial charge in [-0.15, -0.1) is 0 Å². The first-order valence-corrected chi connectivity index (χ1v) is 25.8. The topological polar surface area (TPSA) is 13.0 Å². The number of rotatable bonds is 17. The highest BCUT2D eigenvalue weighted by molar-refractivity contribution is 6.00. The highest BCUT2D eigenvalue weighted by Crippen LogP contribution is 2.43. The Labute approximate surface area is 438 Å². The molecule has 74 heavy (non-hydrogen) atoms. The summed E-state index contributed by atoms with van der Waals surface area (Å²) in [6.07, 6.45) is 22.2. The highest BCUT2D eigenvalue weighted by Gasteiger charge is 2.24. The molecule has 4 nitrogen and oxygen atoms in total. The van der Waals surface area contributed by atoms with Crippen molar-refractivity contribution in [2.45, 2.75) is 40.0 Å². The zero-order chi connectivity index (χ0) is 50.6. The van der Waals surface area contributed by atoms with Crippen molar-refractivity contribution in [2.24, 2.45) is 0 Å². The van der Waals surface area contributed by atoms with Gasteiger partial charge in [-0.3, -0.25) is 0 Å². The summed E-state index contributed by atoms with van der Waals surface area (Å²) in [5, 5.41) is 4.82. The number of nitrogens with zero attached hydrogens (tertiary/aromatic N) is 4. The Bertz CT molecular complexity index is 3550. The largest absolute Gasteiger partial charge is 0.315 e. The summed E-state index contributed by atoms with van der Waals surface area (Å²) in [6.45, 7) is 10.4. The van der Waals surface area contributed by atoms with Gasteiger partial charge in [0.25, 0.3) is 0 Å². The van der Waals surface area contributed by atoms with E-state index in [4.69, 9.17) is 0 Å². The SMILES string of the molecule is C=C/C=C(\C=C/C)N(c1ccccc1)c1ccc(N(c2ccc(-c3ccc(N(C4=CC=C(N(C(/C=C\CC)=C/C)c5ccccc5)CC4)c4cccc5ccccc45)cc3)cc2)c2cccc3ccccc23)cc1. The fourth-order valence-electron chi connectivity index (χ4n) is 10.2. The molecule has 9 aromatic rings. The number of allylic oxidation sites excluding steroid dienone is 11. The maximum Gasteiger partial charge on any atom is 0.0540 e. The minimum absolute atomic E-state index is 0.876. The van der Waals surface area contributed by atoms with E-state index in [0.717, 1.165) is 75.9 Å². The van der Waals surface area contributed by atoms with Crippen LogP contribution in [0.25, 0.3) is 32.7 Å². The van der Waals surface area contributed by atoms with Gasteiger partial charge < -0.3 is 19.6 Å². The standard InChI is InChI=1S/C70H62N4/c1-5-9-28-57(8-4)71(59-29-12-10-13-30-59)61-45-49-65(50-46-61)73(69-35-20-26-55-24-16-18-33-67(55)69)63-41-37-53(38-42-63)54-39-43-64(44-40-54)74(70-36-21-27-56-25-17-19-34-68(56)70)66-51-47-62(48-52-66)72(58(22-6-2)23-7-3)60-31-14-11-15-32-60/h6-45,47-49,51-52H,2,5,46,50H2,1,3-4H3/b23-7-,28-9-,57-8+,58-22+. The predicted molar refractivity (Wildman–Crippen MR) is 319 cm³/mol. The fraction of sp³-hybridized carbons (Fsp3) is 0.0857. The minimum Gasteiger partial charge on any atom is -0.315 e. The van der Waals surface area contributed by atoms with E-state index in [1.165, 1.54) is 44.3 Å². The number of benzene rings is 9. The summed E-state index contributed by atoms with van der Waals surface area (Å²) in [5.74, 6) is 0. The van der Waals surface area contributed by atoms with Gasteiger partial charge in [0.2, 0.25) is 0 Å². The van der Waals surface area contributed by atoms with Crippen molar-refractivity contribution >= 4 is 67.0 Å². The summed E-state index contributed by atoms with van der Waals surface area (Å²) in [4.78, 5) is 9.51. The van der Waals surface area contributed by atoms with E-state index in [0.29, 0.717) is 0 Å². The second-order valence-corrected chi connectivity index (χ2v) is 18.3. The molecule has 1 aliphatic carbocycles. The van der Waals surface area contributed by atoms with Gasteiger partial charge in [-0.05, 0) is 170 Å². The minimum atomic E-state index is 0.876. The zero-order valence-corrected chi connectivity index (χ0v) is 42.6. The lowest BCUT2D eigenvalue weighted by Crippen LogP contribution is -2.24. The summed E-state index contributed by atoms with van der Waals surface area (Å²) in [6, 6.07) is 78.8. The molecule has 0 fully saturated rings.